The molecule has 0 aromatic heterocycles. The van der Waals surface area contributed by atoms with Crippen LogP contribution >= 0.6 is 0 Å². The predicted octanol–water partition coefficient (Wildman–Crippen LogP) is 4.45. The molecule has 0 fully saturated rings. The molecule has 0 bridgehead atoms. The quantitative estimate of drug-likeness (QED) is 0.580. The number of nitrogens with zero attached hydrogens (tertiary/aromatic N) is 1. The number of carbonyl (C=O) groups excluding carboxylic acids is 1. The van der Waals surface area contributed by atoms with Gasteiger partial charge in [-0.05, 0) is 48.4 Å². The number of sulfonamides is 1. The van der Waals surface area contributed by atoms with Gasteiger partial charge in [0.05, 0.1) is 17.6 Å². The lowest BCUT2D eigenvalue weighted by Gasteiger charge is -2.22. The zero-order valence-electron chi connectivity index (χ0n) is 16.9. The van der Waals surface area contributed by atoms with Crippen LogP contribution in [0.25, 0.3) is 0 Å². The number of amides is 1. The van der Waals surface area contributed by atoms with Gasteiger partial charge in [-0.1, -0.05) is 49.4 Å². The average Bonchev–Trinajstić information content (AvgIpc) is 2.73. The third-order valence-electron chi connectivity index (χ3n) is 4.45. The monoisotopic (exact) mass is 424 g/mol. The molecule has 0 atom stereocenters. The number of ether oxygens (including phenoxy) is 1. The van der Waals surface area contributed by atoms with Gasteiger partial charge in [0.1, 0.15) is 12.3 Å². The number of hydrogen-bond acceptors (Lipinski definition) is 4. The van der Waals surface area contributed by atoms with Crippen molar-refractivity contribution in [3.8, 4) is 11.5 Å². The zero-order valence-corrected chi connectivity index (χ0v) is 17.7. The van der Waals surface area contributed by atoms with E-state index in [1.165, 1.54) is 0 Å². The Morgan fingerprint density at radius 1 is 0.933 bits per heavy atom. The molecule has 0 aliphatic rings. The van der Waals surface area contributed by atoms with Gasteiger partial charge >= 0.3 is 0 Å². The molecular formula is C23H24N2O4S. The Morgan fingerprint density at radius 2 is 1.57 bits per heavy atom. The van der Waals surface area contributed by atoms with Crippen molar-refractivity contribution >= 4 is 27.3 Å². The molecule has 0 spiro atoms. The number of para-hydroxylation sites is 3. The highest BCUT2D eigenvalue weighted by molar-refractivity contribution is 7.92. The van der Waals surface area contributed by atoms with E-state index in [9.17, 15) is 13.2 Å². The SMILES string of the molecule is CCc1ccc(N(CC(=O)Nc2ccccc2Oc2ccccc2)S(C)(=O)=O)cc1. The Kier molecular flexibility index (Phi) is 6.74. The van der Waals surface area contributed by atoms with Crippen LogP contribution in [-0.2, 0) is 21.2 Å². The molecule has 0 unspecified atom stereocenters. The van der Waals surface area contributed by atoms with Gasteiger partial charge < -0.3 is 10.1 Å². The first kappa shape index (κ1) is 21.4. The number of rotatable bonds is 8. The van der Waals surface area contributed by atoms with Crippen molar-refractivity contribution in [1.29, 1.82) is 0 Å². The van der Waals surface area contributed by atoms with Crippen LogP contribution in [0.1, 0.15) is 12.5 Å². The minimum atomic E-state index is -3.64. The van der Waals surface area contributed by atoms with Crippen molar-refractivity contribution in [2.75, 3.05) is 22.4 Å². The number of nitrogens with one attached hydrogen (secondary N) is 1. The normalized spacial score (nSPS) is 11.0. The molecule has 1 amide bonds. The summed E-state index contributed by atoms with van der Waals surface area (Å²) < 4.78 is 31.5. The summed E-state index contributed by atoms with van der Waals surface area (Å²) in [7, 11) is -3.64. The summed E-state index contributed by atoms with van der Waals surface area (Å²) in [6.07, 6.45) is 1.93. The summed E-state index contributed by atoms with van der Waals surface area (Å²) in [4.78, 5) is 12.7. The van der Waals surface area contributed by atoms with Gasteiger partial charge in [-0.25, -0.2) is 8.42 Å². The van der Waals surface area contributed by atoms with Crippen LogP contribution in [-0.4, -0.2) is 27.1 Å². The van der Waals surface area contributed by atoms with Gasteiger partial charge in [-0.3, -0.25) is 9.10 Å². The van der Waals surface area contributed by atoms with E-state index >= 15 is 0 Å². The van der Waals surface area contributed by atoms with Crippen LogP contribution in [0.4, 0.5) is 11.4 Å². The third kappa shape index (κ3) is 5.61. The van der Waals surface area contributed by atoms with E-state index in [0.29, 0.717) is 22.9 Å². The molecule has 0 aliphatic heterocycles. The van der Waals surface area contributed by atoms with Crippen molar-refractivity contribution in [3.05, 3.63) is 84.4 Å². The summed E-state index contributed by atoms with van der Waals surface area (Å²) in [6, 6.07) is 23.3. The predicted molar refractivity (Wildman–Crippen MR) is 120 cm³/mol. The number of carbonyl (C=O) groups is 1. The number of anilines is 2. The topological polar surface area (TPSA) is 75.7 Å². The second-order valence-corrected chi connectivity index (χ2v) is 8.66. The van der Waals surface area contributed by atoms with Crippen molar-refractivity contribution < 1.29 is 17.9 Å². The lowest BCUT2D eigenvalue weighted by atomic mass is 10.1. The minimum absolute atomic E-state index is 0.343. The van der Waals surface area contributed by atoms with E-state index in [1.54, 1.807) is 36.4 Å². The first-order chi connectivity index (χ1) is 14.4. The molecular weight excluding hydrogens is 400 g/mol. The van der Waals surface area contributed by atoms with Crippen molar-refractivity contribution in [2.45, 2.75) is 13.3 Å². The first-order valence-electron chi connectivity index (χ1n) is 9.55. The van der Waals surface area contributed by atoms with Crippen LogP contribution in [0.5, 0.6) is 11.5 Å². The molecule has 156 valence electrons. The fraction of sp³-hybridized carbons (Fsp3) is 0.174. The highest BCUT2D eigenvalue weighted by Crippen LogP contribution is 2.29. The third-order valence-corrected chi connectivity index (χ3v) is 5.59. The molecule has 3 aromatic rings. The van der Waals surface area contributed by atoms with Gasteiger partial charge in [0.15, 0.2) is 5.75 Å². The minimum Gasteiger partial charge on any atom is -0.455 e. The lowest BCUT2D eigenvalue weighted by Crippen LogP contribution is -2.37. The summed E-state index contributed by atoms with van der Waals surface area (Å²) in [5, 5.41) is 2.76. The van der Waals surface area contributed by atoms with E-state index in [2.05, 4.69) is 5.32 Å². The second-order valence-electron chi connectivity index (χ2n) is 6.75. The smallest absolute Gasteiger partial charge is 0.245 e. The van der Waals surface area contributed by atoms with Crippen LogP contribution in [0, 0.1) is 0 Å². The van der Waals surface area contributed by atoms with Gasteiger partial charge in [-0.2, -0.15) is 0 Å². The van der Waals surface area contributed by atoms with Gasteiger partial charge in [0.2, 0.25) is 15.9 Å². The van der Waals surface area contributed by atoms with Crippen LogP contribution in [0.3, 0.4) is 0 Å². The van der Waals surface area contributed by atoms with Crippen LogP contribution in [0.2, 0.25) is 0 Å². The Balaban J connectivity index is 1.77. The molecule has 0 heterocycles. The summed E-state index contributed by atoms with van der Waals surface area (Å²) in [5.41, 5.74) is 1.99. The largest absolute Gasteiger partial charge is 0.455 e. The van der Waals surface area contributed by atoms with Crippen molar-refractivity contribution in [1.82, 2.24) is 0 Å². The van der Waals surface area contributed by atoms with E-state index in [4.69, 9.17) is 4.74 Å². The molecule has 0 aliphatic carbocycles. The average molecular weight is 425 g/mol. The Bertz CT molecular complexity index is 1100. The fourth-order valence-electron chi connectivity index (χ4n) is 2.89. The van der Waals surface area contributed by atoms with Crippen LogP contribution < -0.4 is 14.4 Å². The maximum absolute atomic E-state index is 12.7. The Morgan fingerprint density at radius 3 is 2.20 bits per heavy atom. The van der Waals surface area contributed by atoms with Crippen molar-refractivity contribution in [3.63, 3.8) is 0 Å². The van der Waals surface area contributed by atoms with Crippen molar-refractivity contribution in [2.24, 2.45) is 0 Å². The van der Waals surface area contributed by atoms with Gasteiger partial charge in [-0.15, -0.1) is 0 Å². The van der Waals surface area contributed by atoms with E-state index in [1.807, 2.05) is 49.4 Å². The molecule has 3 rings (SSSR count). The Hall–Kier alpha value is -3.32. The van der Waals surface area contributed by atoms with Gasteiger partial charge in [0, 0.05) is 0 Å². The van der Waals surface area contributed by atoms with E-state index < -0.39 is 15.9 Å². The number of hydrogen-bond donors (Lipinski definition) is 1. The second kappa shape index (κ2) is 9.45. The molecule has 6 nitrogen and oxygen atoms in total. The number of aryl methyl sites for hydroxylation is 1. The molecule has 0 saturated heterocycles. The Labute approximate surface area is 177 Å². The maximum Gasteiger partial charge on any atom is 0.245 e. The summed E-state index contributed by atoms with van der Waals surface area (Å²) in [5.74, 6) is 0.632. The lowest BCUT2D eigenvalue weighted by molar-refractivity contribution is -0.114. The maximum atomic E-state index is 12.7. The molecule has 7 heteroatoms. The fourth-order valence-corrected chi connectivity index (χ4v) is 3.75. The molecule has 3 aromatic carbocycles. The van der Waals surface area contributed by atoms with E-state index in [-0.39, 0.29) is 6.54 Å². The highest BCUT2D eigenvalue weighted by atomic mass is 32.2. The molecule has 30 heavy (non-hydrogen) atoms. The molecule has 0 saturated carbocycles. The summed E-state index contributed by atoms with van der Waals surface area (Å²) in [6.45, 7) is 1.68. The standard InChI is InChI=1S/C23H24N2O4S/c1-3-18-13-15-19(16-14-18)25(30(2,27)28)17-23(26)24-21-11-7-8-12-22(21)29-20-9-5-4-6-10-20/h4-16H,3,17H2,1-2H3,(H,24,26). The molecule has 1 N–H and O–H groups in total. The van der Waals surface area contributed by atoms with Gasteiger partial charge in [0.25, 0.3) is 0 Å². The van der Waals surface area contributed by atoms with E-state index in [0.717, 1.165) is 22.5 Å². The first-order valence-corrected chi connectivity index (χ1v) is 11.4. The zero-order chi connectivity index (χ0) is 21.6. The number of benzene rings is 3. The molecule has 0 radical (unpaired) electrons. The summed E-state index contributed by atoms with van der Waals surface area (Å²) >= 11 is 0. The van der Waals surface area contributed by atoms with Crippen LogP contribution in [0.15, 0.2) is 78.9 Å². The highest BCUT2D eigenvalue weighted by Gasteiger charge is 2.21.